The van der Waals surface area contributed by atoms with Crippen molar-refractivity contribution in [1.82, 2.24) is 4.90 Å². The zero-order valence-electron chi connectivity index (χ0n) is 14.3. The smallest absolute Gasteiger partial charge is 0.126 e. The van der Waals surface area contributed by atoms with Crippen LogP contribution in [-0.4, -0.2) is 57.1 Å². The van der Waals surface area contributed by atoms with Crippen LogP contribution in [0.3, 0.4) is 0 Å². The van der Waals surface area contributed by atoms with Crippen LogP contribution in [0.5, 0.6) is 5.75 Å². The molecule has 0 aromatic heterocycles. The van der Waals surface area contributed by atoms with Gasteiger partial charge >= 0.3 is 0 Å². The number of benzene rings is 1. The molecule has 0 aliphatic carbocycles. The molecule has 1 aromatic rings. The molecule has 1 aliphatic rings. The second-order valence-electron chi connectivity index (χ2n) is 6.38. The van der Waals surface area contributed by atoms with E-state index in [1.807, 2.05) is 18.2 Å². The van der Waals surface area contributed by atoms with E-state index in [0.29, 0.717) is 6.61 Å². The lowest BCUT2D eigenvalue weighted by atomic mass is 9.78. The van der Waals surface area contributed by atoms with Crippen molar-refractivity contribution in [2.24, 2.45) is 5.41 Å². The summed E-state index contributed by atoms with van der Waals surface area (Å²) >= 11 is 0. The Bertz CT molecular complexity index is 503. The number of likely N-dealkylation sites (tertiary alicyclic amines) is 1. The Kier molecular flexibility index (Phi) is 7.09. The van der Waals surface area contributed by atoms with Crippen molar-refractivity contribution in [1.29, 1.82) is 0 Å². The first-order valence-electron chi connectivity index (χ1n) is 8.35. The number of hydrogen-bond acceptors (Lipinski definition) is 4. The summed E-state index contributed by atoms with van der Waals surface area (Å²) in [7, 11) is 3.42. The number of ether oxygens (including phenoxy) is 2. The summed E-state index contributed by atoms with van der Waals surface area (Å²) in [4.78, 5) is 2.42. The highest BCUT2D eigenvalue weighted by molar-refractivity contribution is 5.57. The minimum absolute atomic E-state index is 0.00740. The first-order valence-corrected chi connectivity index (χ1v) is 8.35. The maximum atomic E-state index is 9.84. The van der Waals surface area contributed by atoms with E-state index < -0.39 is 0 Å². The van der Waals surface area contributed by atoms with Crippen molar-refractivity contribution in [3.8, 4) is 5.75 Å². The van der Waals surface area contributed by atoms with Gasteiger partial charge in [-0.1, -0.05) is 30.4 Å². The van der Waals surface area contributed by atoms with E-state index in [1.54, 1.807) is 14.2 Å². The molecular formula is C19H29NO3. The van der Waals surface area contributed by atoms with Gasteiger partial charge in [0.1, 0.15) is 5.75 Å². The molecule has 1 aliphatic heterocycles. The maximum Gasteiger partial charge on any atom is 0.126 e. The Labute approximate surface area is 139 Å². The summed E-state index contributed by atoms with van der Waals surface area (Å²) in [6.45, 7) is 3.87. The molecule has 0 amide bonds. The molecule has 4 heteroatoms. The molecule has 1 unspecified atom stereocenters. The van der Waals surface area contributed by atoms with Crippen LogP contribution in [0.1, 0.15) is 24.8 Å². The standard InChI is InChI=1S/C19H29NO3/c1-22-14-11-19(16-21)10-6-13-20(15-19)12-5-8-17-7-3-4-9-18(17)23-2/h3-5,7-9,21H,6,10-16H2,1-2H3/b8-5+. The topological polar surface area (TPSA) is 41.9 Å². The lowest BCUT2D eigenvalue weighted by Gasteiger charge is -2.41. The van der Waals surface area contributed by atoms with Crippen LogP contribution in [0, 0.1) is 5.41 Å². The van der Waals surface area contributed by atoms with Crippen LogP contribution in [-0.2, 0) is 4.74 Å². The van der Waals surface area contributed by atoms with Gasteiger partial charge in [0, 0.05) is 37.8 Å². The summed E-state index contributed by atoms with van der Waals surface area (Å²) in [6.07, 6.45) is 7.43. The van der Waals surface area contributed by atoms with E-state index in [1.165, 1.54) is 0 Å². The molecule has 0 radical (unpaired) electrons. The Morgan fingerprint density at radius 1 is 1.30 bits per heavy atom. The third-order valence-corrected chi connectivity index (χ3v) is 4.71. The maximum absolute atomic E-state index is 9.84. The number of nitrogens with zero attached hydrogens (tertiary/aromatic N) is 1. The zero-order chi connectivity index (χ0) is 16.5. The number of aliphatic hydroxyl groups is 1. The van der Waals surface area contributed by atoms with Gasteiger partial charge in [0.2, 0.25) is 0 Å². The molecule has 1 N–H and O–H groups in total. The van der Waals surface area contributed by atoms with Crippen LogP contribution in [0.25, 0.3) is 6.08 Å². The summed E-state index contributed by atoms with van der Waals surface area (Å²) in [5.74, 6) is 0.896. The number of piperidine rings is 1. The largest absolute Gasteiger partial charge is 0.496 e. The van der Waals surface area contributed by atoms with Gasteiger partial charge in [0.15, 0.2) is 0 Å². The Morgan fingerprint density at radius 2 is 2.13 bits per heavy atom. The lowest BCUT2D eigenvalue weighted by molar-refractivity contribution is 0.0115. The summed E-state index contributed by atoms with van der Waals surface area (Å²) in [6, 6.07) is 8.03. The highest BCUT2D eigenvalue weighted by Gasteiger charge is 2.34. The number of rotatable bonds is 8. The number of hydrogen-bond donors (Lipinski definition) is 1. The van der Waals surface area contributed by atoms with Crippen molar-refractivity contribution in [3.63, 3.8) is 0 Å². The molecule has 0 saturated carbocycles. The van der Waals surface area contributed by atoms with E-state index in [9.17, 15) is 5.11 Å². The van der Waals surface area contributed by atoms with E-state index in [2.05, 4.69) is 23.1 Å². The second kappa shape index (κ2) is 9.06. The third kappa shape index (κ3) is 5.06. The monoisotopic (exact) mass is 319 g/mol. The van der Waals surface area contributed by atoms with Gasteiger partial charge in [-0.15, -0.1) is 0 Å². The minimum atomic E-state index is -0.00740. The Hall–Kier alpha value is -1.36. The molecule has 1 saturated heterocycles. The molecule has 0 spiro atoms. The summed E-state index contributed by atoms with van der Waals surface area (Å²) in [5, 5.41) is 9.84. The van der Waals surface area contributed by atoms with Crippen LogP contribution in [0.2, 0.25) is 0 Å². The lowest BCUT2D eigenvalue weighted by Crippen LogP contribution is -2.45. The van der Waals surface area contributed by atoms with Crippen molar-refractivity contribution < 1.29 is 14.6 Å². The van der Waals surface area contributed by atoms with Crippen LogP contribution >= 0.6 is 0 Å². The van der Waals surface area contributed by atoms with Crippen LogP contribution in [0.4, 0.5) is 0 Å². The first kappa shape index (κ1) is 18.0. The fraction of sp³-hybridized carbons (Fsp3) is 0.579. The van der Waals surface area contributed by atoms with Gasteiger partial charge in [-0.05, 0) is 31.9 Å². The van der Waals surface area contributed by atoms with Gasteiger partial charge in [0.05, 0.1) is 13.7 Å². The van der Waals surface area contributed by atoms with Gasteiger partial charge in [-0.2, -0.15) is 0 Å². The minimum Gasteiger partial charge on any atom is -0.496 e. The number of aliphatic hydroxyl groups excluding tert-OH is 1. The van der Waals surface area contributed by atoms with E-state index in [-0.39, 0.29) is 12.0 Å². The van der Waals surface area contributed by atoms with Crippen molar-refractivity contribution in [2.75, 3.05) is 47.1 Å². The van der Waals surface area contributed by atoms with E-state index in [0.717, 1.165) is 50.2 Å². The SMILES string of the molecule is COCCC1(CO)CCCN(C/C=C/c2ccccc2OC)C1. The second-order valence-corrected chi connectivity index (χ2v) is 6.38. The molecule has 4 nitrogen and oxygen atoms in total. The molecule has 1 heterocycles. The molecule has 1 atom stereocenters. The average molecular weight is 319 g/mol. The highest BCUT2D eigenvalue weighted by atomic mass is 16.5. The van der Waals surface area contributed by atoms with Gasteiger partial charge in [-0.3, -0.25) is 4.90 Å². The molecular weight excluding hydrogens is 290 g/mol. The number of para-hydroxylation sites is 1. The quantitative estimate of drug-likeness (QED) is 0.800. The van der Waals surface area contributed by atoms with Crippen molar-refractivity contribution >= 4 is 6.08 Å². The molecule has 128 valence electrons. The van der Waals surface area contributed by atoms with Gasteiger partial charge < -0.3 is 14.6 Å². The van der Waals surface area contributed by atoms with Gasteiger partial charge in [0.25, 0.3) is 0 Å². The number of methoxy groups -OCH3 is 2. The average Bonchev–Trinajstić information content (AvgIpc) is 2.61. The first-order chi connectivity index (χ1) is 11.2. The molecule has 1 fully saturated rings. The molecule has 1 aromatic carbocycles. The molecule has 0 bridgehead atoms. The summed E-state index contributed by atoms with van der Waals surface area (Å²) < 4.78 is 10.6. The molecule has 23 heavy (non-hydrogen) atoms. The highest BCUT2D eigenvalue weighted by Crippen LogP contribution is 2.33. The Balaban J connectivity index is 1.93. The van der Waals surface area contributed by atoms with Gasteiger partial charge in [-0.25, -0.2) is 0 Å². The zero-order valence-corrected chi connectivity index (χ0v) is 14.3. The fourth-order valence-corrected chi connectivity index (χ4v) is 3.33. The van der Waals surface area contributed by atoms with Crippen LogP contribution < -0.4 is 4.74 Å². The van der Waals surface area contributed by atoms with Crippen LogP contribution in [0.15, 0.2) is 30.3 Å². The third-order valence-electron chi connectivity index (χ3n) is 4.71. The normalized spacial score (nSPS) is 22.6. The fourth-order valence-electron chi connectivity index (χ4n) is 3.33. The molecule has 2 rings (SSSR count). The predicted octanol–water partition coefficient (Wildman–Crippen LogP) is 2.82. The predicted molar refractivity (Wildman–Crippen MR) is 93.7 cm³/mol. The van der Waals surface area contributed by atoms with Crippen molar-refractivity contribution in [2.45, 2.75) is 19.3 Å². The summed E-state index contributed by atoms with van der Waals surface area (Å²) in [5.41, 5.74) is 1.09. The van der Waals surface area contributed by atoms with Crippen molar-refractivity contribution in [3.05, 3.63) is 35.9 Å². The van der Waals surface area contributed by atoms with E-state index in [4.69, 9.17) is 9.47 Å². The Morgan fingerprint density at radius 3 is 2.87 bits per heavy atom. The van der Waals surface area contributed by atoms with E-state index >= 15 is 0 Å².